The first-order chi connectivity index (χ1) is 13.1. The van der Waals surface area contributed by atoms with Crippen LogP contribution in [0.15, 0.2) is 43.5 Å². The fraction of sp³-hybridized carbons (Fsp3) is 0.278. The molecule has 1 saturated heterocycles. The van der Waals surface area contributed by atoms with Gasteiger partial charge in [0.15, 0.2) is 0 Å². The number of aryl methyl sites for hydroxylation is 1. The molecule has 2 heterocycles. The minimum absolute atomic E-state index is 0.0333. The Bertz CT molecular complexity index is 1070. The highest BCUT2D eigenvalue weighted by Crippen LogP contribution is 2.35. The Balaban J connectivity index is 2.06. The molecule has 0 N–H and O–H groups in total. The topological polar surface area (TPSA) is 83.7 Å². The lowest BCUT2D eigenvalue weighted by atomic mass is 10.2. The van der Waals surface area contributed by atoms with Crippen LogP contribution in [0.3, 0.4) is 0 Å². The summed E-state index contributed by atoms with van der Waals surface area (Å²) in [5.41, 5.74) is 0.950. The van der Waals surface area contributed by atoms with Crippen LogP contribution in [0.5, 0.6) is 0 Å². The van der Waals surface area contributed by atoms with E-state index in [1.165, 1.54) is 28.0 Å². The molecule has 1 aliphatic rings. The highest BCUT2D eigenvalue weighted by molar-refractivity contribution is 8.26. The number of aromatic nitrogens is 1. The van der Waals surface area contributed by atoms with Crippen molar-refractivity contribution in [3.8, 4) is 0 Å². The SMILES string of the molecule is CCN1C(=O)C(=Cc2nc(S(=O)(=O)c3ccc(C)cc3)c(N(C)C)o2)SC1=S. The van der Waals surface area contributed by atoms with Gasteiger partial charge in [0.25, 0.3) is 5.91 Å². The number of likely N-dealkylation sites (N-methyl/N-ethyl adjacent to an activating group) is 1. The number of hydrogen-bond acceptors (Lipinski definition) is 8. The van der Waals surface area contributed by atoms with E-state index in [1.54, 1.807) is 26.2 Å². The van der Waals surface area contributed by atoms with Crippen molar-refractivity contribution in [3.05, 3.63) is 40.6 Å². The summed E-state index contributed by atoms with van der Waals surface area (Å²) in [7, 11) is -0.564. The molecule has 1 aromatic carbocycles. The zero-order chi connectivity index (χ0) is 20.6. The van der Waals surface area contributed by atoms with Crippen LogP contribution in [0.1, 0.15) is 18.4 Å². The van der Waals surface area contributed by atoms with Crippen LogP contribution in [0.25, 0.3) is 6.08 Å². The number of anilines is 1. The number of rotatable bonds is 5. The number of carbonyl (C=O) groups excluding carboxylic acids is 1. The molecule has 0 saturated carbocycles. The third-order valence-electron chi connectivity index (χ3n) is 4.03. The van der Waals surface area contributed by atoms with Crippen LogP contribution in [0.2, 0.25) is 0 Å². The van der Waals surface area contributed by atoms with Gasteiger partial charge >= 0.3 is 0 Å². The van der Waals surface area contributed by atoms with Gasteiger partial charge in [-0.1, -0.05) is 41.7 Å². The average molecular weight is 438 g/mol. The van der Waals surface area contributed by atoms with E-state index in [2.05, 4.69) is 4.98 Å². The van der Waals surface area contributed by atoms with Crippen molar-refractivity contribution in [2.24, 2.45) is 0 Å². The zero-order valence-electron chi connectivity index (χ0n) is 15.8. The summed E-state index contributed by atoms with van der Waals surface area (Å²) in [6.45, 7) is 4.17. The molecule has 148 valence electrons. The van der Waals surface area contributed by atoms with E-state index in [0.29, 0.717) is 15.8 Å². The molecule has 0 spiro atoms. The van der Waals surface area contributed by atoms with E-state index in [0.717, 1.165) is 17.3 Å². The molecule has 1 aliphatic heterocycles. The summed E-state index contributed by atoms with van der Waals surface area (Å²) in [5, 5.41) is -0.196. The molecule has 7 nitrogen and oxygen atoms in total. The standard InChI is InChI=1S/C18H19N3O4S3/c1-5-21-16(22)13(27-18(21)26)10-14-19-15(17(25-14)20(3)4)28(23,24)12-8-6-11(2)7-9-12/h6-10H,5H2,1-4H3. The number of hydrogen-bond donors (Lipinski definition) is 0. The van der Waals surface area contributed by atoms with Gasteiger partial charge in [-0.25, -0.2) is 8.42 Å². The number of carbonyl (C=O) groups is 1. The van der Waals surface area contributed by atoms with E-state index in [-0.39, 0.29) is 27.6 Å². The van der Waals surface area contributed by atoms with Crippen molar-refractivity contribution in [1.82, 2.24) is 9.88 Å². The fourth-order valence-electron chi connectivity index (χ4n) is 2.55. The van der Waals surface area contributed by atoms with Gasteiger partial charge in [-0.2, -0.15) is 4.98 Å². The van der Waals surface area contributed by atoms with Crippen molar-refractivity contribution < 1.29 is 17.6 Å². The largest absolute Gasteiger partial charge is 0.420 e. The second-order valence-corrected chi connectivity index (χ2v) is 9.84. The minimum atomic E-state index is -3.89. The van der Waals surface area contributed by atoms with E-state index in [9.17, 15) is 13.2 Å². The Hall–Kier alpha value is -2.17. The Kier molecular flexibility index (Phi) is 5.64. The van der Waals surface area contributed by atoms with Gasteiger partial charge in [-0.05, 0) is 26.0 Å². The first kappa shape index (κ1) is 20.6. The van der Waals surface area contributed by atoms with Crippen LogP contribution in [0.4, 0.5) is 5.88 Å². The van der Waals surface area contributed by atoms with Crippen molar-refractivity contribution >= 4 is 56.0 Å². The molecule has 0 unspecified atom stereocenters. The normalized spacial score (nSPS) is 16.3. The molecule has 0 atom stereocenters. The molecule has 2 aromatic rings. The van der Waals surface area contributed by atoms with Gasteiger partial charge in [0.1, 0.15) is 4.32 Å². The summed E-state index contributed by atoms with van der Waals surface area (Å²) in [5.74, 6) is -0.117. The van der Waals surface area contributed by atoms with E-state index < -0.39 is 9.84 Å². The smallest absolute Gasteiger partial charge is 0.266 e. The molecular weight excluding hydrogens is 418 g/mol. The number of nitrogens with zero attached hydrogens (tertiary/aromatic N) is 3. The van der Waals surface area contributed by atoms with E-state index >= 15 is 0 Å². The molecular formula is C18H19N3O4S3. The number of benzene rings is 1. The Morgan fingerprint density at radius 3 is 2.46 bits per heavy atom. The number of sulfone groups is 1. The molecule has 28 heavy (non-hydrogen) atoms. The van der Waals surface area contributed by atoms with Gasteiger partial charge in [0.05, 0.1) is 9.80 Å². The predicted molar refractivity (Wildman–Crippen MR) is 113 cm³/mol. The minimum Gasteiger partial charge on any atom is -0.420 e. The molecule has 0 radical (unpaired) electrons. The van der Waals surface area contributed by atoms with Gasteiger partial charge in [0, 0.05) is 26.7 Å². The second kappa shape index (κ2) is 7.69. The molecule has 1 amide bonds. The van der Waals surface area contributed by atoms with Gasteiger partial charge in [-0.3, -0.25) is 9.69 Å². The predicted octanol–water partition coefficient (Wildman–Crippen LogP) is 3.10. The van der Waals surface area contributed by atoms with Gasteiger partial charge in [0.2, 0.25) is 26.6 Å². The lowest BCUT2D eigenvalue weighted by Gasteiger charge is -2.10. The van der Waals surface area contributed by atoms with Crippen LogP contribution < -0.4 is 4.90 Å². The summed E-state index contributed by atoms with van der Waals surface area (Å²) in [4.78, 5) is 20.0. The molecule has 1 fully saturated rings. The molecule has 1 aromatic heterocycles. The number of thiocarbonyl (C=S) groups is 1. The molecule has 10 heteroatoms. The molecule has 3 rings (SSSR count). The fourth-order valence-corrected chi connectivity index (χ4v) is 5.28. The maximum absolute atomic E-state index is 13.1. The third kappa shape index (κ3) is 3.71. The highest BCUT2D eigenvalue weighted by atomic mass is 32.2. The summed E-state index contributed by atoms with van der Waals surface area (Å²) in [6.07, 6.45) is 1.43. The van der Waals surface area contributed by atoms with Gasteiger partial charge < -0.3 is 9.32 Å². The van der Waals surface area contributed by atoms with Crippen molar-refractivity contribution in [2.75, 3.05) is 25.5 Å². The van der Waals surface area contributed by atoms with Crippen molar-refractivity contribution in [1.29, 1.82) is 0 Å². The maximum Gasteiger partial charge on any atom is 0.266 e. The van der Waals surface area contributed by atoms with Gasteiger partial charge in [-0.15, -0.1) is 0 Å². The third-order valence-corrected chi connectivity index (χ3v) is 7.08. The van der Waals surface area contributed by atoms with E-state index in [4.69, 9.17) is 16.6 Å². The second-order valence-electron chi connectivity index (χ2n) is 6.30. The summed E-state index contributed by atoms with van der Waals surface area (Å²) < 4.78 is 32.2. The first-order valence-corrected chi connectivity index (χ1v) is 11.1. The first-order valence-electron chi connectivity index (χ1n) is 8.40. The van der Waals surface area contributed by atoms with Crippen LogP contribution in [0, 0.1) is 6.92 Å². The zero-order valence-corrected chi connectivity index (χ0v) is 18.2. The number of amides is 1. The van der Waals surface area contributed by atoms with Crippen molar-refractivity contribution in [3.63, 3.8) is 0 Å². The van der Waals surface area contributed by atoms with E-state index in [1.807, 2.05) is 13.8 Å². The maximum atomic E-state index is 13.1. The summed E-state index contributed by atoms with van der Waals surface area (Å²) >= 11 is 6.32. The monoisotopic (exact) mass is 437 g/mol. The Labute approximate surface area is 173 Å². The lowest BCUT2D eigenvalue weighted by Crippen LogP contribution is -2.27. The average Bonchev–Trinajstić information content (AvgIpc) is 3.17. The van der Waals surface area contributed by atoms with Crippen LogP contribution >= 0.6 is 24.0 Å². The Morgan fingerprint density at radius 1 is 1.29 bits per heavy atom. The quantitative estimate of drug-likeness (QED) is 0.521. The summed E-state index contributed by atoms with van der Waals surface area (Å²) in [6, 6.07) is 6.51. The van der Waals surface area contributed by atoms with Crippen LogP contribution in [-0.2, 0) is 14.6 Å². The van der Waals surface area contributed by atoms with Crippen molar-refractivity contribution in [2.45, 2.75) is 23.8 Å². The molecule has 0 aliphatic carbocycles. The Morgan fingerprint density at radius 2 is 1.93 bits per heavy atom. The van der Waals surface area contributed by atoms with Crippen LogP contribution in [-0.4, -0.2) is 49.2 Å². The number of thioether (sulfide) groups is 1. The number of oxazole rings is 1. The highest BCUT2D eigenvalue weighted by Gasteiger charge is 2.33. The lowest BCUT2D eigenvalue weighted by molar-refractivity contribution is -0.122. The molecule has 0 bridgehead atoms.